The average Bonchev–Trinajstić information content (AvgIpc) is 3.45. The number of H-pyrrole nitrogens is 1. The van der Waals surface area contributed by atoms with Crippen molar-refractivity contribution in [2.24, 2.45) is 0 Å². The molecule has 1 aliphatic heterocycles. The Labute approximate surface area is 193 Å². The minimum atomic E-state index is -0.172. The fraction of sp³-hybridized carbons (Fsp3) is 0.370. The summed E-state index contributed by atoms with van der Waals surface area (Å²) in [6.07, 6.45) is 5.88. The van der Waals surface area contributed by atoms with Gasteiger partial charge in [0.1, 0.15) is 11.3 Å². The predicted molar refractivity (Wildman–Crippen MR) is 131 cm³/mol. The third-order valence-electron chi connectivity index (χ3n) is 6.94. The van der Waals surface area contributed by atoms with Crippen molar-refractivity contribution in [2.75, 3.05) is 0 Å². The highest BCUT2D eigenvalue weighted by atomic mass is 16.2. The molecule has 0 radical (unpaired) electrons. The molecule has 0 aliphatic carbocycles. The fourth-order valence-corrected chi connectivity index (χ4v) is 5.26. The molecule has 1 aliphatic rings. The number of aromatic amines is 1. The number of aromatic nitrogens is 3. The Kier molecular flexibility index (Phi) is 5.52. The molecule has 3 heterocycles. The van der Waals surface area contributed by atoms with Crippen LogP contribution in [-0.4, -0.2) is 25.2 Å². The number of fused-ring (bicyclic) bond motifs is 4. The average molecular weight is 443 g/mol. The minimum Gasteiger partial charge on any atom is -0.330 e. The zero-order valence-corrected chi connectivity index (χ0v) is 19.5. The van der Waals surface area contributed by atoms with Crippen molar-refractivity contribution in [3.8, 4) is 0 Å². The summed E-state index contributed by atoms with van der Waals surface area (Å²) in [5.74, 6) is 1.24. The summed E-state index contributed by atoms with van der Waals surface area (Å²) in [7, 11) is 0. The quantitative estimate of drug-likeness (QED) is 0.439. The number of hydrogen-bond acceptors (Lipinski definition) is 3. The second-order valence-electron chi connectivity index (χ2n) is 9.13. The summed E-state index contributed by atoms with van der Waals surface area (Å²) in [5.41, 5.74) is 5.81. The van der Waals surface area contributed by atoms with E-state index in [-0.39, 0.29) is 11.5 Å². The highest BCUT2D eigenvalue weighted by molar-refractivity contribution is 6.00. The van der Waals surface area contributed by atoms with E-state index in [1.165, 1.54) is 11.1 Å². The van der Waals surface area contributed by atoms with Crippen molar-refractivity contribution in [3.63, 3.8) is 0 Å². The van der Waals surface area contributed by atoms with Crippen LogP contribution < -0.4 is 5.56 Å². The van der Waals surface area contributed by atoms with Crippen LogP contribution in [0.1, 0.15) is 78.3 Å². The third kappa shape index (κ3) is 3.54. The van der Waals surface area contributed by atoms with Gasteiger partial charge in [-0.3, -0.25) is 14.0 Å². The molecule has 33 heavy (non-hydrogen) atoms. The molecule has 4 aromatic rings. The molecule has 0 spiro atoms. The molecular weight excluding hydrogens is 412 g/mol. The van der Waals surface area contributed by atoms with Gasteiger partial charge < -0.3 is 9.88 Å². The van der Waals surface area contributed by atoms with Gasteiger partial charge in [0.2, 0.25) is 0 Å². The van der Waals surface area contributed by atoms with Crippen LogP contribution in [0.25, 0.3) is 16.6 Å². The van der Waals surface area contributed by atoms with Crippen LogP contribution in [0.4, 0.5) is 0 Å². The van der Waals surface area contributed by atoms with Gasteiger partial charge in [0.05, 0.1) is 17.2 Å². The van der Waals surface area contributed by atoms with Crippen LogP contribution in [0.15, 0.2) is 47.4 Å². The molecule has 170 valence electrons. The lowest BCUT2D eigenvalue weighted by atomic mass is 9.97. The zero-order valence-electron chi connectivity index (χ0n) is 19.5. The van der Waals surface area contributed by atoms with Crippen molar-refractivity contribution in [1.82, 2.24) is 19.3 Å². The number of aryl methyl sites for hydroxylation is 1. The molecule has 0 fully saturated rings. The van der Waals surface area contributed by atoms with E-state index in [0.29, 0.717) is 35.6 Å². The highest BCUT2D eigenvalue weighted by Crippen LogP contribution is 2.30. The lowest BCUT2D eigenvalue weighted by Crippen LogP contribution is -2.26. The first-order valence-electron chi connectivity index (χ1n) is 11.9. The largest absolute Gasteiger partial charge is 0.330 e. The Hall–Kier alpha value is -3.41. The second kappa shape index (κ2) is 8.50. The van der Waals surface area contributed by atoms with Gasteiger partial charge in [-0.25, -0.2) is 4.98 Å². The summed E-state index contributed by atoms with van der Waals surface area (Å²) < 4.78 is 2.01. The van der Waals surface area contributed by atoms with E-state index in [1.54, 1.807) is 6.20 Å². The molecule has 1 N–H and O–H groups in total. The van der Waals surface area contributed by atoms with E-state index in [9.17, 15) is 9.59 Å². The van der Waals surface area contributed by atoms with Crippen LogP contribution in [0.2, 0.25) is 0 Å². The summed E-state index contributed by atoms with van der Waals surface area (Å²) in [6.45, 7) is 7.52. The first-order chi connectivity index (χ1) is 16.0. The Morgan fingerprint density at radius 3 is 2.33 bits per heavy atom. The summed E-state index contributed by atoms with van der Waals surface area (Å²) in [5, 5.41) is 0. The number of nitrogens with zero attached hydrogens (tertiary/aromatic N) is 3. The first-order valence-corrected chi connectivity index (χ1v) is 11.9. The molecule has 0 unspecified atom stereocenters. The molecule has 6 nitrogen and oxygen atoms in total. The van der Waals surface area contributed by atoms with E-state index < -0.39 is 0 Å². The lowest BCUT2D eigenvalue weighted by molar-refractivity contribution is 0.0751. The zero-order chi connectivity index (χ0) is 23.1. The molecule has 1 amide bonds. The second-order valence-corrected chi connectivity index (χ2v) is 9.13. The molecule has 5 rings (SSSR count). The van der Waals surface area contributed by atoms with Crippen molar-refractivity contribution in [1.29, 1.82) is 0 Å². The maximum Gasteiger partial charge on any atom is 0.274 e. The maximum absolute atomic E-state index is 13.4. The Morgan fingerprint density at radius 1 is 1.03 bits per heavy atom. The van der Waals surface area contributed by atoms with Crippen LogP contribution in [0.3, 0.4) is 0 Å². The van der Waals surface area contributed by atoms with E-state index in [1.807, 2.05) is 40.5 Å². The van der Waals surface area contributed by atoms with Crippen molar-refractivity contribution >= 4 is 22.5 Å². The first kappa shape index (κ1) is 21.4. The standard InChI is InChI=1S/C27H30N4O2/c1-4-8-18(9-5-2)25-28-14-23-26(32)29-24-17(3)21(12-13-22(24)31(23)25)27(33)30-15-19-10-6-7-11-20(19)16-30/h6-7,10-14,18H,4-5,8-9,15-16H2,1-3H3,(H,29,32). The van der Waals surface area contributed by atoms with Gasteiger partial charge in [0, 0.05) is 24.6 Å². The Morgan fingerprint density at radius 2 is 1.70 bits per heavy atom. The number of imidazole rings is 1. The number of rotatable bonds is 6. The van der Waals surface area contributed by atoms with Gasteiger partial charge in [-0.15, -0.1) is 0 Å². The normalized spacial score (nSPS) is 13.4. The van der Waals surface area contributed by atoms with Crippen LogP contribution >= 0.6 is 0 Å². The summed E-state index contributed by atoms with van der Waals surface area (Å²) >= 11 is 0. The number of hydrogen-bond donors (Lipinski definition) is 1. The van der Waals surface area contributed by atoms with Crippen LogP contribution in [0, 0.1) is 6.92 Å². The minimum absolute atomic E-state index is 0.00718. The Balaban J connectivity index is 1.61. The monoisotopic (exact) mass is 442 g/mol. The number of carbonyl (C=O) groups is 1. The Bertz CT molecular complexity index is 1380. The molecule has 2 aromatic carbocycles. The smallest absolute Gasteiger partial charge is 0.274 e. The van der Waals surface area contributed by atoms with Gasteiger partial charge in [-0.05, 0) is 48.6 Å². The van der Waals surface area contributed by atoms with Gasteiger partial charge in [-0.1, -0.05) is 51.0 Å². The van der Waals surface area contributed by atoms with E-state index in [0.717, 1.165) is 42.6 Å². The molecule has 0 bridgehead atoms. The van der Waals surface area contributed by atoms with Crippen LogP contribution in [-0.2, 0) is 13.1 Å². The third-order valence-corrected chi connectivity index (χ3v) is 6.94. The van der Waals surface area contributed by atoms with Crippen LogP contribution in [0.5, 0.6) is 0 Å². The van der Waals surface area contributed by atoms with Crippen molar-refractivity contribution < 1.29 is 4.79 Å². The summed E-state index contributed by atoms with van der Waals surface area (Å²) in [4.78, 5) is 36.0. The highest BCUT2D eigenvalue weighted by Gasteiger charge is 2.26. The predicted octanol–water partition coefficient (Wildman–Crippen LogP) is 5.32. The number of benzene rings is 2. The topological polar surface area (TPSA) is 70.5 Å². The molecule has 0 atom stereocenters. The summed E-state index contributed by atoms with van der Waals surface area (Å²) in [6, 6.07) is 12.0. The van der Waals surface area contributed by atoms with Gasteiger partial charge in [0.25, 0.3) is 11.5 Å². The van der Waals surface area contributed by atoms with Crippen molar-refractivity contribution in [2.45, 2.75) is 65.5 Å². The molecule has 0 saturated carbocycles. The fourth-order valence-electron chi connectivity index (χ4n) is 5.26. The van der Waals surface area contributed by atoms with E-state index >= 15 is 0 Å². The molecular formula is C27H30N4O2. The van der Waals surface area contributed by atoms with Gasteiger partial charge in [0.15, 0.2) is 0 Å². The maximum atomic E-state index is 13.4. The number of amides is 1. The van der Waals surface area contributed by atoms with Crippen molar-refractivity contribution in [3.05, 3.63) is 81.0 Å². The van der Waals surface area contributed by atoms with Gasteiger partial charge >= 0.3 is 0 Å². The molecule has 2 aromatic heterocycles. The van der Waals surface area contributed by atoms with E-state index in [4.69, 9.17) is 0 Å². The van der Waals surface area contributed by atoms with E-state index in [2.05, 4.69) is 35.9 Å². The molecule has 6 heteroatoms. The SMILES string of the molecule is CCCC(CCC)c1ncc2c(=O)[nH]c3c(C)c(C(=O)N4Cc5ccccc5C4)ccc3n12. The number of nitrogens with one attached hydrogen (secondary N) is 1. The number of carbonyl (C=O) groups excluding carboxylic acids is 1. The lowest BCUT2D eigenvalue weighted by Gasteiger charge is -2.19. The molecule has 0 saturated heterocycles. The van der Waals surface area contributed by atoms with Gasteiger partial charge in [-0.2, -0.15) is 0 Å².